The van der Waals surface area contributed by atoms with E-state index in [9.17, 15) is 5.26 Å². The molecule has 0 saturated carbocycles. The van der Waals surface area contributed by atoms with Crippen molar-refractivity contribution in [1.29, 1.82) is 5.26 Å². The van der Waals surface area contributed by atoms with Crippen LogP contribution >= 0.6 is 0 Å². The second kappa shape index (κ2) is 5.21. The minimum absolute atomic E-state index is 0.648. The number of pyridine rings is 1. The molecule has 3 heteroatoms. The van der Waals surface area contributed by atoms with Gasteiger partial charge in [0, 0.05) is 22.9 Å². The van der Waals surface area contributed by atoms with Crippen molar-refractivity contribution >= 4 is 21.9 Å². The minimum Gasteiger partial charge on any atom is -0.455 e. The SMILES string of the molecule is Cc1cc2c(oc3ccc(C#N)cc32)c(-c2cccc[n+]2C)c1C. The normalized spacial score (nSPS) is 11.1. The highest BCUT2D eigenvalue weighted by Gasteiger charge is 2.21. The van der Waals surface area contributed by atoms with Gasteiger partial charge in [0.15, 0.2) is 6.20 Å². The van der Waals surface area contributed by atoms with Gasteiger partial charge in [-0.1, -0.05) is 0 Å². The monoisotopic (exact) mass is 313 g/mol. The van der Waals surface area contributed by atoms with Gasteiger partial charge in [0.05, 0.1) is 17.2 Å². The summed E-state index contributed by atoms with van der Waals surface area (Å²) in [5.41, 5.74) is 7.00. The molecule has 2 heterocycles. The highest BCUT2D eigenvalue weighted by molar-refractivity contribution is 6.10. The van der Waals surface area contributed by atoms with Gasteiger partial charge in [-0.05, 0) is 55.3 Å². The van der Waals surface area contributed by atoms with Crippen LogP contribution in [0.4, 0.5) is 0 Å². The largest absolute Gasteiger partial charge is 0.455 e. The second-order valence-corrected chi connectivity index (χ2v) is 6.19. The van der Waals surface area contributed by atoms with E-state index in [0.717, 1.165) is 33.2 Å². The van der Waals surface area contributed by atoms with Gasteiger partial charge >= 0.3 is 0 Å². The molecule has 116 valence electrons. The molecule has 0 saturated heterocycles. The van der Waals surface area contributed by atoms with Gasteiger partial charge in [-0.2, -0.15) is 5.26 Å². The molecule has 0 spiro atoms. The average molecular weight is 313 g/mol. The molecule has 0 atom stereocenters. The Balaban J connectivity index is 2.19. The van der Waals surface area contributed by atoms with Crippen LogP contribution in [0.25, 0.3) is 33.2 Å². The number of aryl methyl sites for hydroxylation is 2. The molecule has 2 aromatic heterocycles. The van der Waals surface area contributed by atoms with Crippen molar-refractivity contribution in [2.45, 2.75) is 13.8 Å². The average Bonchev–Trinajstić information content (AvgIpc) is 2.94. The van der Waals surface area contributed by atoms with Gasteiger partial charge in [-0.3, -0.25) is 0 Å². The number of nitriles is 1. The smallest absolute Gasteiger partial charge is 0.216 e. The van der Waals surface area contributed by atoms with E-state index >= 15 is 0 Å². The standard InChI is InChI=1S/C21H17N2O/c1-13-10-17-16-11-15(12-22)7-8-19(16)24-21(17)20(14(13)2)18-6-4-5-9-23(18)3/h4-11H,1-3H3/q+1. The first-order valence-corrected chi connectivity index (χ1v) is 7.91. The van der Waals surface area contributed by atoms with Crippen molar-refractivity contribution in [3.63, 3.8) is 0 Å². The first-order chi connectivity index (χ1) is 11.6. The predicted octanol–water partition coefficient (Wildman–Crippen LogP) is 4.57. The van der Waals surface area contributed by atoms with Crippen LogP contribution in [0.1, 0.15) is 16.7 Å². The summed E-state index contributed by atoms with van der Waals surface area (Å²) in [5.74, 6) is 0. The Kier molecular flexibility index (Phi) is 3.14. The summed E-state index contributed by atoms with van der Waals surface area (Å²) in [5, 5.41) is 11.2. The van der Waals surface area contributed by atoms with Crippen molar-refractivity contribution in [2.75, 3.05) is 0 Å². The fourth-order valence-electron chi connectivity index (χ4n) is 3.30. The zero-order valence-electron chi connectivity index (χ0n) is 13.9. The van der Waals surface area contributed by atoms with Crippen LogP contribution in [0.3, 0.4) is 0 Å². The Morgan fingerprint density at radius 2 is 1.88 bits per heavy atom. The molecule has 0 aliphatic rings. The van der Waals surface area contributed by atoms with E-state index in [2.05, 4.69) is 36.6 Å². The molecule has 0 aliphatic heterocycles. The topological polar surface area (TPSA) is 40.8 Å². The van der Waals surface area contributed by atoms with Crippen molar-refractivity contribution in [2.24, 2.45) is 7.05 Å². The van der Waals surface area contributed by atoms with E-state index in [1.54, 1.807) is 6.07 Å². The summed E-state index contributed by atoms with van der Waals surface area (Å²) in [7, 11) is 2.04. The van der Waals surface area contributed by atoms with Crippen LogP contribution in [-0.4, -0.2) is 0 Å². The maximum atomic E-state index is 9.19. The lowest BCUT2D eigenvalue weighted by Gasteiger charge is -2.08. The third-order valence-electron chi connectivity index (χ3n) is 4.72. The van der Waals surface area contributed by atoms with Gasteiger partial charge in [0.1, 0.15) is 18.2 Å². The van der Waals surface area contributed by atoms with E-state index in [1.807, 2.05) is 37.5 Å². The zero-order chi connectivity index (χ0) is 16.8. The first kappa shape index (κ1) is 14.5. The number of hydrogen-bond acceptors (Lipinski definition) is 2. The third-order valence-corrected chi connectivity index (χ3v) is 4.72. The van der Waals surface area contributed by atoms with Crippen LogP contribution in [0, 0.1) is 25.2 Å². The molecule has 0 amide bonds. The molecule has 0 unspecified atom stereocenters. The van der Waals surface area contributed by atoms with Crippen molar-refractivity contribution in [3.8, 4) is 17.3 Å². The van der Waals surface area contributed by atoms with E-state index < -0.39 is 0 Å². The molecule has 4 rings (SSSR count). The number of hydrogen-bond donors (Lipinski definition) is 0. The summed E-state index contributed by atoms with van der Waals surface area (Å²) in [6.45, 7) is 4.25. The molecule has 24 heavy (non-hydrogen) atoms. The molecule has 2 aromatic carbocycles. The molecule has 0 fully saturated rings. The zero-order valence-corrected chi connectivity index (χ0v) is 13.9. The van der Waals surface area contributed by atoms with Crippen molar-refractivity contribution in [1.82, 2.24) is 0 Å². The molecule has 0 N–H and O–H groups in total. The van der Waals surface area contributed by atoms with Gasteiger partial charge in [-0.15, -0.1) is 0 Å². The second-order valence-electron chi connectivity index (χ2n) is 6.19. The van der Waals surface area contributed by atoms with Gasteiger partial charge < -0.3 is 4.42 Å². The van der Waals surface area contributed by atoms with E-state index in [0.29, 0.717) is 5.56 Å². The molecular weight excluding hydrogens is 296 g/mol. The Hall–Kier alpha value is -3.12. The number of aromatic nitrogens is 1. The third kappa shape index (κ3) is 2.00. The van der Waals surface area contributed by atoms with Crippen LogP contribution in [-0.2, 0) is 7.05 Å². The number of benzene rings is 2. The fraction of sp³-hybridized carbons (Fsp3) is 0.143. The molecule has 0 bridgehead atoms. The molecular formula is C21H17N2O+. The molecule has 0 radical (unpaired) electrons. The lowest BCUT2D eigenvalue weighted by molar-refractivity contribution is -0.660. The van der Waals surface area contributed by atoms with E-state index in [1.165, 1.54) is 11.1 Å². The lowest BCUT2D eigenvalue weighted by Crippen LogP contribution is -2.30. The number of nitrogens with zero attached hydrogens (tertiary/aromatic N) is 2. The van der Waals surface area contributed by atoms with Gasteiger partial charge in [-0.25, -0.2) is 4.57 Å². The molecule has 4 aromatic rings. The Morgan fingerprint density at radius 3 is 2.62 bits per heavy atom. The lowest BCUT2D eigenvalue weighted by atomic mass is 9.96. The van der Waals surface area contributed by atoms with Gasteiger partial charge in [0.25, 0.3) is 0 Å². The van der Waals surface area contributed by atoms with Crippen LogP contribution in [0.15, 0.2) is 53.1 Å². The van der Waals surface area contributed by atoms with Crippen LogP contribution in [0.5, 0.6) is 0 Å². The Labute approximate surface area is 140 Å². The summed E-state index contributed by atoms with van der Waals surface area (Å²) >= 11 is 0. The number of fused-ring (bicyclic) bond motifs is 3. The summed E-state index contributed by atoms with van der Waals surface area (Å²) in [6, 6.07) is 16.1. The number of rotatable bonds is 1. The highest BCUT2D eigenvalue weighted by atomic mass is 16.3. The quantitative estimate of drug-likeness (QED) is 0.483. The highest BCUT2D eigenvalue weighted by Crippen LogP contribution is 2.38. The van der Waals surface area contributed by atoms with Crippen molar-refractivity contribution < 1.29 is 8.98 Å². The predicted molar refractivity (Wildman–Crippen MR) is 94.5 cm³/mol. The van der Waals surface area contributed by atoms with Gasteiger partial charge in [0.2, 0.25) is 5.69 Å². The summed E-state index contributed by atoms with van der Waals surface area (Å²) < 4.78 is 8.31. The fourth-order valence-corrected chi connectivity index (χ4v) is 3.30. The van der Waals surface area contributed by atoms with E-state index in [4.69, 9.17) is 4.42 Å². The van der Waals surface area contributed by atoms with Crippen LogP contribution in [0.2, 0.25) is 0 Å². The van der Waals surface area contributed by atoms with Crippen molar-refractivity contribution in [3.05, 3.63) is 65.4 Å². The molecule has 3 nitrogen and oxygen atoms in total. The maximum Gasteiger partial charge on any atom is 0.216 e. The Morgan fingerprint density at radius 1 is 1.04 bits per heavy atom. The minimum atomic E-state index is 0.648. The number of furan rings is 1. The summed E-state index contributed by atoms with van der Waals surface area (Å²) in [4.78, 5) is 0. The van der Waals surface area contributed by atoms with E-state index in [-0.39, 0.29) is 0 Å². The maximum absolute atomic E-state index is 9.19. The van der Waals surface area contributed by atoms with Crippen LogP contribution < -0.4 is 4.57 Å². The first-order valence-electron chi connectivity index (χ1n) is 7.91. The summed E-state index contributed by atoms with van der Waals surface area (Å²) in [6.07, 6.45) is 2.04. The Bertz CT molecular complexity index is 1150. The molecule has 0 aliphatic carbocycles.